The zero-order valence-corrected chi connectivity index (χ0v) is 19.7. The van der Waals surface area contributed by atoms with Gasteiger partial charge in [-0.2, -0.15) is 0 Å². The molecule has 0 unspecified atom stereocenters. The second-order valence-electron chi connectivity index (χ2n) is 8.20. The van der Waals surface area contributed by atoms with Gasteiger partial charge >= 0.3 is 0 Å². The largest absolute Gasteiger partial charge is 0.294 e. The number of aromatic nitrogens is 5. The van der Waals surface area contributed by atoms with E-state index in [4.69, 9.17) is 0 Å². The Hall–Kier alpha value is -3.12. The monoisotopic (exact) mass is 475 g/mol. The normalized spacial score (nSPS) is 12.5. The Bertz CT molecular complexity index is 1330. The van der Waals surface area contributed by atoms with Gasteiger partial charge in [-0.15, -0.1) is 0 Å². The summed E-state index contributed by atoms with van der Waals surface area (Å²) < 4.78 is 47.5. The molecule has 0 saturated carbocycles. The molecular weight excluding hydrogens is 454 g/mol. The summed E-state index contributed by atoms with van der Waals surface area (Å²) >= 11 is 0. The van der Waals surface area contributed by atoms with Crippen molar-refractivity contribution in [2.45, 2.75) is 31.1 Å². The average molecular weight is 476 g/mol. The SMILES string of the molecule is CC(C)(C)C(=O)c1cc(-c2ccnc(S(C)(=O)=O)n2)nc(-c2ccnc(S(C)(=O)=O)n2)c1. The Morgan fingerprint density at radius 1 is 0.719 bits per heavy atom. The number of carbonyl (C=O) groups is 1. The number of ketones is 1. The van der Waals surface area contributed by atoms with E-state index in [0.717, 1.165) is 12.5 Å². The highest BCUT2D eigenvalue weighted by atomic mass is 32.2. The first kappa shape index (κ1) is 23.5. The van der Waals surface area contributed by atoms with E-state index < -0.39 is 25.1 Å². The first-order chi connectivity index (χ1) is 14.7. The number of rotatable bonds is 5. The number of carbonyl (C=O) groups excluding carboxylic acids is 1. The van der Waals surface area contributed by atoms with Crippen LogP contribution in [-0.2, 0) is 19.7 Å². The highest BCUT2D eigenvalue weighted by Crippen LogP contribution is 2.28. The third-order valence-corrected chi connectivity index (χ3v) is 5.94. The van der Waals surface area contributed by atoms with Crippen LogP contribution in [0.3, 0.4) is 0 Å². The second-order valence-corrected chi connectivity index (χ2v) is 12.0. The van der Waals surface area contributed by atoms with Crippen LogP contribution in [0.1, 0.15) is 31.1 Å². The molecule has 3 rings (SSSR count). The van der Waals surface area contributed by atoms with E-state index in [1.165, 1.54) is 36.7 Å². The quantitative estimate of drug-likeness (QED) is 0.396. The van der Waals surface area contributed by atoms with Crippen LogP contribution in [0.15, 0.2) is 47.0 Å². The third-order valence-electron chi connectivity index (χ3n) is 4.22. The highest BCUT2D eigenvalue weighted by Gasteiger charge is 2.25. The molecule has 0 aromatic carbocycles. The van der Waals surface area contributed by atoms with Crippen LogP contribution in [0.4, 0.5) is 0 Å². The third kappa shape index (κ3) is 5.19. The molecule has 0 aliphatic rings. The summed E-state index contributed by atoms with van der Waals surface area (Å²) in [6.07, 6.45) is 4.53. The number of hydrogen-bond donors (Lipinski definition) is 0. The van der Waals surface area contributed by atoms with Gasteiger partial charge in [-0.1, -0.05) is 20.8 Å². The van der Waals surface area contributed by atoms with Crippen molar-refractivity contribution in [3.8, 4) is 22.8 Å². The lowest BCUT2D eigenvalue weighted by molar-refractivity contribution is 0.0858. The second kappa shape index (κ2) is 8.10. The van der Waals surface area contributed by atoms with Crippen LogP contribution in [0.25, 0.3) is 22.8 Å². The molecule has 32 heavy (non-hydrogen) atoms. The van der Waals surface area contributed by atoms with Gasteiger partial charge in [0, 0.05) is 35.9 Å². The molecule has 3 aromatic heterocycles. The smallest absolute Gasteiger partial charge is 0.247 e. The Kier molecular flexibility index (Phi) is 5.96. The topological polar surface area (TPSA) is 150 Å². The van der Waals surface area contributed by atoms with Gasteiger partial charge in [0.05, 0.1) is 22.8 Å². The summed E-state index contributed by atoms with van der Waals surface area (Å²) in [5, 5.41) is -0.764. The summed E-state index contributed by atoms with van der Waals surface area (Å²) in [5.74, 6) is -0.197. The zero-order valence-electron chi connectivity index (χ0n) is 18.1. The van der Waals surface area contributed by atoms with Gasteiger partial charge in [0.2, 0.25) is 30.0 Å². The molecule has 168 valence electrons. The molecular formula is C20H21N5O5S2. The molecule has 0 aliphatic heterocycles. The van der Waals surface area contributed by atoms with Crippen LogP contribution in [0.2, 0.25) is 0 Å². The molecule has 0 atom stereocenters. The number of pyridine rings is 1. The molecule has 12 heteroatoms. The molecule has 10 nitrogen and oxygen atoms in total. The van der Waals surface area contributed by atoms with E-state index in [0.29, 0.717) is 0 Å². The molecule has 0 N–H and O–H groups in total. The fourth-order valence-electron chi connectivity index (χ4n) is 2.68. The van der Waals surface area contributed by atoms with Crippen molar-refractivity contribution in [3.05, 3.63) is 42.2 Å². The maximum absolute atomic E-state index is 13.0. The van der Waals surface area contributed by atoms with Crippen LogP contribution >= 0.6 is 0 Å². The first-order valence-corrected chi connectivity index (χ1v) is 13.1. The fraction of sp³-hybridized carbons (Fsp3) is 0.300. The van der Waals surface area contributed by atoms with Crippen molar-refractivity contribution < 1.29 is 21.6 Å². The molecule has 3 heterocycles. The van der Waals surface area contributed by atoms with Gasteiger partial charge < -0.3 is 0 Å². The zero-order chi connectivity index (χ0) is 23.9. The standard InChI is InChI=1S/C20H21N5O5S2/c1-20(2,3)17(26)12-10-15(13-6-8-21-18(24-13)31(4,27)28)23-16(11-12)14-7-9-22-19(25-14)32(5,29)30/h6-11H,1-5H3. The van der Waals surface area contributed by atoms with Gasteiger partial charge in [-0.3, -0.25) is 4.79 Å². The Labute approximate surface area is 186 Å². The van der Waals surface area contributed by atoms with E-state index in [1.54, 1.807) is 20.8 Å². The van der Waals surface area contributed by atoms with E-state index in [-0.39, 0.29) is 44.4 Å². The van der Waals surface area contributed by atoms with E-state index in [1.807, 2.05) is 0 Å². The minimum absolute atomic E-state index is 0.183. The van der Waals surface area contributed by atoms with Crippen molar-refractivity contribution in [1.29, 1.82) is 0 Å². The van der Waals surface area contributed by atoms with Gasteiger partial charge in [0.25, 0.3) is 0 Å². The van der Waals surface area contributed by atoms with Crippen molar-refractivity contribution >= 4 is 25.5 Å². The van der Waals surface area contributed by atoms with Gasteiger partial charge in [0.1, 0.15) is 0 Å². The predicted molar refractivity (Wildman–Crippen MR) is 116 cm³/mol. The predicted octanol–water partition coefficient (Wildman–Crippen LogP) is 2.03. The van der Waals surface area contributed by atoms with Crippen LogP contribution in [0, 0.1) is 5.41 Å². The number of sulfone groups is 2. The van der Waals surface area contributed by atoms with E-state index in [9.17, 15) is 21.6 Å². The minimum atomic E-state index is -3.67. The van der Waals surface area contributed by atoms with Crippen molar-refractivity contribution in [3.63, 3.8) is 0 Å². The van der Waals surface area contributed by atoms with E-state index in [2.05, 4.69) is 24.9 Å². The van der Waals surface area contributed by atoms with Gasteiger partial charge in [-0.05, 0) is 24.3 Å². The molecule has 0 radical (unpaired) electrons. The highest BCUT2D eigenvalue weighted by molar-refractivity contribution is 7.90. The lowest BCUT2D eigenvalue weighted by Crippen LogP contribution is -2.20. The maximum Gasteiger partial charge on any atom is 0.247 e. The molecule has 3 aromatic rings. The lowest BCUT2D eigenvalue weighted by atomic mass is 9.86. The maximum atomic E-state index is 13.0. The first-order valence-electron chi connectivity index (χ1n) is 9.30. The average Bonchev–Trinajstić information content (AvgIpc) is 2.71. The molecule has 0 fully saturated rings. The number of Topliss-reactive ketones (excluding diaryl/α,β-unsaturated/α-hetero) is 1. The van der Waals surface area contributed by atoms with Crippen LogP contribution < -0.4 is 0 Å². The fourth-order valence-corrected chi connectivity index (χ4v) is 3.71. The Balaban J connectivity index is 2.28. The van der Waals surface area contributed by atoms with Crippen LogP contribution in [-0.4, -0.2) is 60.1 Å². The van der Waals surface area contributed by atoms with Crippen molar-refractivity contribution in [1.82, 2.24) is 24.9 Å². The van der Waals surface area contributed by atoms with Gasteiger partial charge in [0.15, 0.2) is 5.78 Å². The molecule has 0 saturated heterocycles. The van der Waals surface area contributed by atoms with Gasteiger partial charge in [-0.25, -0.2) is 41.8 Å². The summed E-state index contributed by atoms with van der Waals surface area (Å²) in [6.45, 7) is 5.27. The van der Waals surface area contributed by atoms with Crippen molar-refractivity contribution in [2.75, 3.05) is 12.5 Å². The minimum Gasteiger partial charge on any atom is -0.294 e. The molecule has 0 spiro atoms. The summed E-state index contributed by atoms with van der Waals surface area (Å²) in [7, 11) is -7.34. The molecule has 0 bridgehead atoms. The molecule has 0 amide bonds. The van der Waals surface area contributed by atoms with E-state index >= 15 is 0 Å². The van der Waals surface area contributed by atoms with Crippen LogP contribution in [0.5, 0.6) is 0 Å². The number of hydrogen-bond acceptors (Lipinski definition) is 10. The summed E-state index contributed by atoms with van der Waals surface area (Å²) in [6, 6.07) is 5.94. The Morgan fingerprint density at radius 2 is 1.12 bits per heavy atom. The molecule has 0 aliphatic carbocycles. The lowest BCUT2D eigenvalue weighted by Gasteiger charge is -2.18. The summed E-state index contributed by atoms with van der Waals surface area (Å²) in [5.41, 5.74) is 0.355. The Morgan fingerprint density at radius 3 is 1.47 bits per heavy atom. The number of nitrogens with zero attached hydrogens (tertiary/aromatic N) is 5. The van der Waals surface area contributed by atoms with Crippen molar-refractivity contribution in [2.24, 2.45) is 5.41 Å². The summed E-state index contributed by atoms with van der Waals surface area (Å²) in [4.78, 5) is 33.1.